The zero-order chi connectivity index (χ0) is 20.3. The van der Waals surface area contributed by atoms with Crippen LogP contribution in [0, 0.1) is 25.5 Å². The van der Waals surface area contributed by atoms with Crippen LogP contribution in [-0.4, -0.2) is 40.3 Å². The van der Waals surface area contributed by atoms with Gasteiger partial charge in [0.15, 0.2) is 5.78 Å². The molecule has 0 bridgehead atoms. The lowest BCUT2D eigenvalue weighted by Crippen LogP contribution is -2.12. The number of ketones is 1. The third-order valence-electron chi connectivity index (χ3n) is 4.19. The predicted octanol–water partition coefficient (Wildman–Crippen LogP) is 3.00. The van der Waals surface area contributed by atoms with E-state index < -0.39 is 11.6 Å². The maximum Gasteiger partial charge on any atom is 0.215 e. The van der Waals surface area contributed by atoms with Crippen molar-refractivity contribution in [2.75, 3.05) is 19.8 Å². The predicted molar refractivity (Wildman–Crippen MR) is 97.6 cm³/mol. The number of halogens is 2. The van der Waals surface area contributed by atoms with Crippen LogP contribution in [0.2, 0.25) is 0 Å². The van der Waals surface area contributed by atoms with Crippen molar-refractivity contribution in [3.63, 3.8) is 0 Å². The lowest BCUT2D eigenvalue weighted by Gasteiger charge is -2.11. The molecular formula is C20H20F2N2O4. The maximum absolute atomic E-state index is 13.8. The maximum atomic E-state index is 13.8. The molecule has 8 heteroatoms. The minimum absolute atomic E-state index is 0.0611. The van der Waals surface area contributed by atoms with E-state index in [1.54, 1.807) is 19.1 Å². The summed E-state index contributed by atoms with van der Waals surface area (Å²) < 4.78 is 39.9. The van der Waals surface area contributed by atoms with Gasteiger partial charge in [-0.2, -0.15) is 5.10 Å². The SMILES string of the molecule is Cc1cc(OCc2c(F)cccc2F)n2nc(C)c(C(=O)COCCO)c2c1. The fourth-order valence-corrected chi connectivity index (χ4v) is 2.92. The van der Waals surface area contributed by atoms with Crippen LogP contribution < -0.4 is 4.74 Å². The number of rotatable bonds is 8. The molecule has 2 heterocycles. The molecule has 0 aliphatic rings. The first-order chi connectivity index (χ1) is 13.4. The Morgan fingerprint density at radius 3 is 2.61 bits per heavy atom. The van der Waals surface area contributed by atoms with Gasteiger partial charge in [-0.3, -0.25) is 4.79 Å². The number of Topliss-reactive ketones (excluding diaryl/α,β-unsaturated/α-hetero) is 1. The number of fused-ring (bicyclic) bond motifs is 1. The summed E-state index contributed by atoms with van der Waals surface area (Å²) in [6.45, 7) is 2.87. The van der Waals surface area contributed by atoms with Gasteiger partial charge >= 0.3 is 0 Å². The standard InChI is InChI=1S/C20H20F2N2O4/c1-12-8-17-20(18(26)11-27-7-6-25)13(2)23-24(17)19(9-12)28-10-14-15(21)4-3-5-16(14)22/h3-5,8-9,25H,6-7,10-11H2,1-2H3. The molecule has 28 heavy (non-hydrogen) atoms. The van der Waals surface area contributed by atoms with Crippen LogP contribution in [-0.2, 0) is 11.3 Å². The van der Waals surface area contributed by atoms with Gasteiger partial charge in [0.1, 0.15) is 24.8 Å². The molecule has 0 fully saturated rings. The van der Waals surface area contributed by atoms with E-state index in [9.17, 15) is 13.6 Å². The largest absolute Gasteiger partial charge is 0.473 e. The summed E-state index contributed by atoms with van der Waals surface area (Å²) in [6.07, 6.45) is 0. The van der Waals surface area contributed by atoms with Crippen molar-refractivity contribution in [1.82, 2.24) is 9.61 Å². The zero-order valence-corrected chi connectivity index (χ0v) is 15.5. The topological polar surface area (TPSA) is 73.1 Å². The monoisotopic (exact) mass is 390 g/mol. The average Bonchev–Trinajstić information content (AvgIpc) is 2.97. The Bertz CT molecular complexity index is 997. The van der Waals surface area contributed by atoms with E-state index in [2.05, 4.69) is 5.10 Å². The molecule has 0 amide bonds. The van der Waals surface area contributed by atoms with Crippen molar-refractivity contribution >= 4 is 11.3 Å². The first-order valence-electron chi connectivity index (χ1n) is 8.70. The summed E-state index contributed by atoms with van der Waals surface area (Å²) in [4.78, 5) is 12.5. The molecule has 3 rings (SSSR count). The van der Waals surface area contributed by atoms with Gasteiger partial charge in [-0.05, 0) is 37.6 Å². The molecule has 1 N–H and O–H groups in total. The molecule has 1 aromatic carbocycles. The van der Waals surface area contributed by atoms with Crippen LogP contribution in [0.3, 0.4) is 0 Å². The Morgan fingerprint density at radius 1 is 1.21 bits per heavy atom. The molecule has 2 aromatic heterocycles. The van der Waals surface area contributed by atoms with Crippen LogP contribution in [0.15, 0.2) is 30.3 Å². The highest BCUT2D eigenvalue weighted by molar-refractivity contribution is 6.04. The van der Waals surface area contributed by atoms with Gasteiger partial charge in [-0.25, -0.2) is 13.3 Å². The van der Waals surface area contributed by atoms with E-state index in [0.29, 0.717) is 16.8 Å². The van der Waals surface area contributed by atoms with Crippen molar-refractivity contribution in [2.24, 2.45) is 0 Å². The van der Waals surface area contributed by atoms with Crippen molar-refractivity contribution in [3.05, 3.63) is 64.4 Å². The van der Waals surface area contributed by atoms with Crippen molar-refractivity contribution in [1.29, 1.82) is 0 Å². The minimum Gasteiger partial charge on any atom is -0.473 e. The number of carbonyl (C=O) groups is 1. The fourth-order valence-electron chi connectivity index (χ4n) is 2.92. The summed E-state index contributed by atoms with van der Waals surface area (Å²) >= 11 is 0. The van der Waals surface area contributed by atoms with E-state index in [0.717, 1.165) is 17.7 Å². The van der Waals surface area contributed by atoms with Crippen LogP contribution in [0.1, 0.15) is 27.2 Å². The number of carbonyl (C=O) groups excluding carboxylic acids is 1. The molecule has 0 aliphatic heterocycles. The lowest BCUT2D eigenvalue weighted by atomic mass is 10.1. The first kappa shape index (κ1) is 19.9. The Morgan fingerprint density at radius 2 is 1.93 bits per heavy atom. The zero-order valence-electron chi connectivity index (χ0n) is 15.5. The van der Waals surface area contributed by atoms with Gasteiger partial charge in [0.2, 0.25) is 5.88 Å². The fraction of sp³-hybridized carbons (Fsp3) is 0.300. The third kappa shape index (κ3) is 4.02. The number of aromatic nitrogens is 2. The van der Waals surface area contributed by atoms with Gasteiger partial charge in [0.25, 0.3) is 0 Å². The highest BCUT2D eigenvalue weighted by Gasteiger charge is 2.20. The Labute approximate surface area is 160 Å². The van der Waals surface area contributed by atoms with E-state index in [1.807, 2.05) is 6.92 Å². The van der Waals surface area contributed by atoms with Gasteiger partial charge in [-0.1, -0.05) is 6.07 Å². The second kappa shape index (κ2) is 8.45. The molecule has 0 aliphatic carbocycles. The van der Waals surface area contributed by atoms with Crippen LogP contribution >= 0.6 is 0 Å². The number of hydrogen-bond acceptors (Lipinski definition) is 5. The molecule has 0 atom stereocenters. The van der Waals surface area contributed by atoms with E-state index >= 15 is 0 Å². The van der Waals surface area contributed by atoms with Crippen molar-refractivity contribution in [2.45, 2.75) is 20.5 Å². The average molecular weight is 390 g/mol. The summed E-state index contributed by atoms with van der Waals surface area (Å²) in [5.74, 6) is -1.41. The number of ether oxygens (including phenoxy) is 2. The second-order valence-corrected chi connectivity index (χ2v) is 6.32. The second-order valence-electron chi connectivity index (χ2n) is 6.32. The molecule has 0 saturated carbocycles. The number of aryl methyl sites for hydroxylation is 2. The Hall–Kier alpha value is -2.84. The summed E-state index contributed by atoms with van der Waals surface area (Å²) in [7, 11) is 0. The van der Waals surface area contributed by atoms with Crippen molar-refractivity contribution < 1.29 is 28.2 Å². The smallest absolute Gasteiger partial charge is 0.215 e. The van der Waals surface area contributed by atoms with Crippen LogP contribution in [0.4, 0.5) is 8.78 Å². The van der Waals surface area contributed by atoms with Crippen LogP contribution in [0.25, 0.3) is 5.52 Å². The highest BCUT2D eigenvalue weighted by Crippen LogP contribution is 2.25. The molecular weight excluding hydrogens is 370 g/mol. The molecule has 148 valence electrons. The number of aliphatic hydroxyl groups is 1. The van der Waals surface area contributed by atoms with E-state index in [-0.39, 0.29) is 43.7 Å². The number of nitrogens with zero attached hydrogens (tertiary/aromatic N) is 2. The number of hydrogen-bond donors (Lipinski definition) is 1. The minimum atomic E-state index is -0.697. The third-order valence-corrected chi connectivity index (χ3v) is 4.19. The molecule has 0 radical (unpaired) electrons. The quantitative estimate of drug-likeness (QED) is 0.473. The van der Waals surface area contributed by atoms with Crippen molar-refractivity contribution in [3.8, 4) is 5.88 Å². The Kier molecular flexibility index (Phi) is 6.01. The summed E-state index contributed by atoms with van der Waals surface area (Å²) in [5, 5.41) is 13.1. The number of benzene rings is 1. The summed E-state index contributed by atoms with van der Waals surface area (Å²) in [5.41, 5.74) is 1.98. The van der Waals surface area contributed by atoms with E-state index in [1.165, 1.54) is 10.6 Å². The van der Waals surface area contributed by atoms with Gasteiger partial charge in [0.05, 0.1) is 35.6 Å². The molecule has 0 spiro atoms. The van der Waals surface area contributed by atoms with Gasteiger partial charge in [-0.15, -0.1) is 0 Å². The van der Waals surface area contributed by atoms with E-state index in [4.69, 9.17) is 14.6 Å². The lowest BCUT2D eigenvalue weighted by molar-refractivity contribution is 0.0664. The molecule has 3 aromatic rings. The number of aliphatic hydroxyl groups excluding tert-OH is 1. The molecule has 0 unspecified atom stereocenters. The molecule has 0 saturated heterocycles. The summed E-state index contributed by atoms with van der Waals surface area (Å²) in [6, 6.07) is 7.06. The number of pyridine rings is 1. The van der Waals surface area contributed by atoms with Gasteiger partial charge < -0.3 is 14.6 Å². The highest BCUT2D eigenvalue weighted by atomic mass is 19.1. The van der Waals surface area contributed by atoms with Crippen LogP contribution in [0.5, 0.6) is 5.88 Å². The Balaban J connectivity index is 1.94. The first-order valence-corrected chi connectivity index (χ1v) is 8.70. The molecule has 6 nitrogen and oxygen atoms in total. The van der Waals surface area contributed by atoms with Gasteiger partial charge in [0, 0.05) is 6.07 Å². The normalized spacial score (nSPS) is 11.2.